The molecule has 2 fully saturated rings. The fourth-order valence-electron chi connectivity index (χ4n) is 4.22. The summed E-state index contributed by atoms with van der Waals surface area (Å²) in [5, 5.41) is 6.31. The van der Waals surface area contributed by atoms with Crippen molar-refractivity contribution in [1.29, 1.82) is 0 Å². The molecule has 1 aliphatic carbocycles. The van der Waals surface area contributed by atoms with E-state index in [0.717, 1.165) is 54.4 Å². The van der Waals surface area contributed by atoms with Crippen LogP contribution in [0, 0.1) is 19.8 Å². The Bertz CT molecular complexity index is 858. The smallest absolute Gasteiger partial charge is 0.276 e. The van der Waals surface area contributed by atoms with Crippen LogP contribution in [0.4, 0.5) is 5.13 Å². The number of aromatic nitrogens is 2. The van der Waals surface area contributed by atoms with E-state index in [4.69, 9.17) is 0 Å². The summed E-state index contributed by atoms with van der Waals surface area (Å²) >= 11 is 3.03. The van der Waals surface area contributed by atoms with Crippen molar-refractivity contribution in [3.05, 3.63) is 26.7 Å². The highest BCUT2D eigenvalue weighted by Gasteiger charge is 2.30. The topological polar surface area (TPSA) is 75.2 Å². The van der Waals surface area contributed by atoms with E-state index < -0.39 is 0 Å². The number of amides is 2. The van der Waals surface area contributed by atoms with Crippen LogP contribution >= 0.6 is 22.7 Å². The molecule has 0 bridgehead atoms. The Balaban J connectivity index is 1.32. The largest absolute Gasteiger partial charge is 0.342 e. The van der Waals surface area contributed by atoms with Gasteiger partial charge >= 0.3 is 0 Å². The second-order valence-corrected chi connectivity index (χ2v) is 10.2. The molecule has 4 rings (SSSR count). The third-order valence-electron chi connectivity index (χ3n) is 6.11. The Labute approximate surface area is 179 Å². The lowest BCUT2D eigenvalue weighted by Crippen LogP contribution is -2.41. The van der Waals surface area contributed by atoms with E-state index in [-0.39, 0.29) is 11.8 Å². The molecule has 0 radical (unpaired) electrons. The average Bonchev–Trinajstić information content (AvgIpc) is 3.35. The first-order valence-corrected chi connectivity index (χ1v) is 12.2. The number of nitrogens with zero attached hydrogens (tertiary/aromatic N) is 3. The van der Waals surface area contributed by atoms with Crippen LogP contribution in [0.2, 0.25) is 0 Å². The van der Waals surface area contributed by atoms with Crippen molar-refractivity contribution in [2.45, 2.75) is 64.7 Å². The summed E-state index contributed by atoms with van der Waals surface area (Å²) in [6.45, 7) is 5.54. The summed E-state index contributed by atoms with van der Waals surface area (Å²) in [5.74, 6) is 0.734. The molecular formula is C21H28N4O2S2. The van der Waals surface area contributed by atoms with Gasteiger partial charge in [0.15, 0.2) is 5.13 Å². The Morgan fingerprint density at radius 2 is 1.79 bits per heavy atom. The molecule has 29 heavy (non-hydrogen) atoms. The number of thiazole rings is 2. The van der Waals surface area contributed by atoms with Gasteiger partial charge in [-0.25, -0.2) is 9.97 Å². The molecule has 0 unspecified atom stereocenters. The number of carbonyl (C=O) groups is 2. The van der Waals surface area contributed by atoms with Crippen molar-refractivity contribution in [2.75, 3.05) is 18.4 Å². The zero-order valence-electron chi connectivity index (χ0n) is 17.1. The number of aryl methyl sites for hydroxylation is 2. The van der Waals surface area contributed by atoms with Crippen LogP contribution < -0.4 is 5.32 Å². The minimum absolute atomic E-state index is 0.203. The summed E-state index contributed by atoms with van der Waals surface area (Å²) < 4.78 is 0. The van der Waals surface area contributed by atoms with Crippen LogP contribution in [-0.2, 0) is 4.79 Å². The zero-order valence-corrected chi connectivity index (χ0v) is 18.7. The molecule has 0 atom stereocenters. The van der Waals surface area contributed by atoms with Crippen molar-refractivity contribution in [1.82, 2.24) is 14.9 Å². The van der Waals surface area contributed by atoms with E-state index in [0.29, 0.717) is 22.7 Å². The van der Waals surface area contributed by atoms with Gasteiger partial charge < -0.3 is 4.90 Å². The van der Waals surface area contributed by atoms with E-state index in [1.54, 1.807) is 11.3 Å². The highest BCUT2D eigenvalue weighted by molar-refractivity contribution is 7.15. The van der Waals surface area contributed by atoms with Gasteiger partial charge in [-0.05, 0) is 39.5 Å². The number of anilines is 1. The number of piperidine rings is 1. The van der Waals surface area contributed by atoms with Crippen LogP contribution in [0.3, 0.4) is 0 Å². The van der Waals surface area contributed by atoms with Gasteiger partial charge in [-0.15, -0.1) is 22.7 Å². The van der Waals surface area contributed by atoms with Crippen molar-refractivity contribution >= 4 is 39.6 Å². The molecular weight excluding hydrogens is 404 g/mol. The van der Waals surface area contributed by atoms with Crippen LogP contribution in [0.5, 0.6) is 0 Å². The SMILES string of the molecule is Cc1nc(NC(=O)c2csc(C3CCN(C(=O)C4CCCCC4)CC3)n2)sc1C. The molecule has 1 saturated heterocycles. The number of hydrogen-bond donors (Lipinski definition) is 1. The predicted molar refractivity (Wildman–Crippen MR) is 117 cm³/mol. The Kier molecular flexibility index (Phi) is 6.29. The van der Waals surface area contributed by atoms with Gasteiger partial charge in [0.1, 0.15) is 5.69 Å². The lowest BCUT2D eigenvalue weighted by Gasteiger charge is -2.34. The summed E-state index contributed by atoms with van der Waals surface area (Å²) in [5.41, 5.74) is 1.40. The maximum Gasteiger partial charge on any atom is 0.276 e. The van der Waals surface area contributed by atoms with E-state index in [2.05, 4.69) is 20.2 Å². The van der Waals surface area contributed by atoms with Gasteiger partial charge in [-0.2, -0.15) is 0 Å². The normalized spacial score (nSPS) is 18.8. The zero-order chi connectivity index (χ0) is 20.4. The number of hydrogen-bond acceptors (Lipinski definition) is 6. The van der Waals surface area contributed by atoms with Gasteiger partial charge in [-0.3, -0.25) is 14.9 Å². The standard InChI is InChI=1S/C21H28N4O2S2/c1-13-14(2)29-21(22-13)24-18(26)17-12-28-19(23-17)15-8-10-25(11-9-15)20(27)16-6-4-3-5-7-16/h12,15-16H,3-11H2,1-2H3,(H,22,24,26). The number of carbonyl (C=O) groups excluding carboxylic acids is 2. The van der Waals surface area contributed by atoms with Gasteiger partial charge in [0.25, 0.3) is 5.91 Å². The third-order valence-corrected chi connectivity index (χ3v) is 8.11. The number of nitrogens with one attached hydrogen (secondary N) is 1. The molecule has 0 spiro atoms. The highest BCUT2D eigenvalue weighted by Crippen LogP contribution is 2.33. The highest BCUT2D eigenvalue weighted by atomic mass is 32.1. The van der Waals surface area contributed by atoms with E-state index >= 15 is 0 Å². The van der Waals surface area contributed by atoms with Gasteiger partial charge in [-0.1, -0.05) is 19.3 Å². The number of rotatable bonds is 4. The van der Waals surface area contributed by atoms with Gasteiger partial charge in [0.2, 0.25) is 5.91 Å². The van der Waals surface area contributed by atoms with Gasteiger partial charge in [0.05, 0.1) is 10.7 Å². The van der Waals surface area contributed by atoms with Gasteiger partial charge in [0, 0.05) is 35.2 Å². The summed E-state index contributed by atoms with van der Waals surface area (Å²) in [4.78, 5) is 37.4. The quantitative estimate of drug-likeness (QED) is 0.756. The van der Waals surface area contributed by atoms with Crippen LogP contribution in [-0.4, -0.2) is 39.8 Å². The molecule has 8 heteroatoms. The maximum absolute atomic E-state index is 12.7. The molecule has 3 heterocycles. The molecule has 1 aliphatic heterocycles. The molecule has 1 saturated carbocycles. The molecule has 2 aromatic rings. The first-order valence-electron chi connectivity index (χ1n) is 10.5. The van der Waals surface area contributed by atoms with E-state index in [9.17, 15) is 9.59 Å². The molecule has 2 amide bonds. The molecule has 6 nitrogen and oxygen atoms in total. The van der Waals surface area contributed by atoms with Crippen molar-refractivity contribution in [3.8, 4) is 0 Å². The molecule has 0 aromatic carbocycles. The minimum atomic E-state index is -0.203. The minimum Gasteiger partial charge on any atom is -0.342 e. The second kappa shape index (κ2) is 8.92. The maximum atomic E-state index is 12.7. The average molecular weight is 433 g/mol. The summed E-state index contributed by atoms with van der Waals surface area (Å²) in [6, 6.07) is 0. The first-order chi connectivity index (χ1) is 14.0. The summed E-state index contributed by atoms with van der Waals surface area (Å²) in [7, 11) is 0. The number of likely N-dealkylation sites (tertiary alicyclic amines) is 1. The van der Waals surface area contributed by atoms with Crippen LogP contribution in [0.1, 0.15) is 76.9 Å². The Hall–Kier alpha value is -1.80. The van der Waals surface area contributed by atoms with Crippen molar-refractivity contribution in [3.63, 3.8) is 0 Å². The lowest BCUT2D eigenvalue weighted by molar-refractivity contribution is -0.137. The van der Waals surface area contributed by atoms with Crippen LogP contribution in [0.25, 0.3) is 0 Å². The summed E-state index contributed by atoms with van der Waals surface area (Å²) in [6.07, 6.45) is 7.63. The third kappa shape index (κ3) is 4.69. The van der Waals surface area contributed by atoms with Crippen molar-refractivity contribution < 1.29 is 9.59 Å². The second-order valence-electron chi connectivity index (χ2n) is 8.12. The molecule has 2 aromatic heterocycles. The fraction of sp³-hybridized carbons (Fsp3) is 0.619. The lowest BCUT2D eigenvalue weighted by atomic mass is 9.87. The molecule has 1 N–H and O–H groups in total. The molecule has 156 valence electrons. The predicted octanol–water partition coefficient (Wildman–Crippen LogP) is 4.76. The Morgan fingerprint density at radius 3 is 2.45 bits per heavy atom. The van der Waals surface area contributed by atoms with E-state index in [1.165, 1.54) is 30.6 Å². The fourth-order valence-corrected chi connectivity index (χ4v) is 6.00. The van der Waals surface area contributed by atoms with E-state index in [1.807, 2.05) is 19.2 Å². The van der Waals surface area contributed by atoms with Crippen LogP contribution in [0.15, 0.2) is 5.38 Å². The first kappa shape index (κ1) is 20.5. The monoisotopic (exact) mass is 432 g/mol. The molecule has 2 aliphatic rings. The Morgan fingerprint density at radius 1 is 1.07 bits per heavy atom. The van der Waals surface area contributed by atoms with Crippen molar-refractivity contribution in [2.24, 2.45) is 5.92 Å².